The summed E-state index contributed by atoms with van der Waals surface area (Å²) in [6.45, 7) is 5.28. The first-order chi connectivity index (χ1) is 8.79. The van der Waals surface area contributed by atoms with Crippen LogP contribution in [0, 0.1) is 5.92 Å². The summed E-state index contributed by atoms with van der Waals surface area (Å²) in [6.07, 6.45) is 1.03. The third kappa shape index (κ3) is 5.43. The SMILES string of the molecule is CC(C)CC(CN(C)C)Nc1nc(N)c(Cl)cc1Cl. The summed E-state index contributed by atoms with van der Waals surface area (Å²) in [6, 6.07) is 1.89. The topological polar surface area (TPSA) is 54.2 Å². The Bertz CT molecular complexity index is 411. The summed E-state index contributed by atoms with van der Waals surface area (Å²) in [5, 5.41) is 4.23. The van der Waals surface area contributed by atoms with Crippen molar-refractivity contribution in [2.75, 3.05) is 31.7 Å². The van der Waals surface area contributed by atoms with Crippen molar-refractivity contribution < 1.29 is 0 Å². The molecule has 3 N–H and O–H groups in total. The van der Waals surface area contributed by atoms with Crippen molar-refractivity contribution in [3.63, 3.8) is 0 Å². The van der Waals surface area contributed by atoms with Crippen LogP contribution in [0.15, 0.2) is 6.07 Å². The molecule has 1 aromatic rings. The second-order valence-electron chi connectivity index (χ2n) is 5.42. The average molecular weight is 305 g/mol. The van der Waals surface area contributed by atoms with Gasteiger partial charge in [0, 0.05) is 12.6 Å². The van der Waals surface area contributed by atoms with Gasteiger partial charge in [0.25, 0.3) is 0 Å². The number of nitrogens with one attached hydrogen (secondary N) is 1. The Morgan fingerprint density at radius 2 is 1.95 bits per heavy atom. The maximum Gasteiger partial charge on any atom is 0.147 e. The van der Waals surface area contributed by atoms with Gasteiger partial charge >= 0.3 is 0 Å². The van der Waals surface area contributed by atoms with Crippen LogP contribution in [-0.2, 0) is 0 Å². The minimum Gasteiger partial charge on any atom is -0.382 e. The van der Waals surface area contributed by atoms with Crippen LogP contribution in [0.25, 0.3) is 0 Å². The molecular weight excluding hydrogens is 283 g/mol. The minimum atomic E-state index is 0.264. The fraction of sp³-hybridized carbons (Fsp3) is 0.615. The van der Waals surface area contributed by atoms with Crippen LogP contribution in [0.5, 0.6) is 0 Å². The van der Waals surface area contributed by atoms with Crippen LogP contribution in [0.3, 0.4) is 0 Å². The van der Waals surface area contributed by atoms with Gasteiger partial charge in [0.2, 0.25) is 0 Å². The molecule has 108 valence electrons. The Hall–Kier alpha value is -0.710. The number of aromatic nitrogens is 1. The quantitative estimate of drug-likeness (QED) is 0.846. The van der Waals surface area contributed by atoms with E-state index >= 15 is 0 Å². The Kier molecular flexibility index (Phi) is 6.17. The predicted octanol–water partition coefficient (Wildman–Crippen LogP) is 3.36. The van der Waals surface area contributed by atoms with Crippen molar-refractivity contribution in [3.05, 3.63) is 16.1 Å². The van der Waals surface area contributed by atoms with Crippen molar-refractivity contribution >= 4 is 34.8 Å². The van der Waals surface area contributed by atoms with Gasteiger partial charge in [-0.25, -0.2) is 4.98 Å². The standard InChI is InChI=1S/C13H22Cl2N4/c1-8(2)5-9(7-19(3)4)17-13-11(15)6-10(14)12(16)18-13/h6,8-9H,5,7H2,1-4H3,(H3,16,17,18). The lowest BCUT2D eigenvalue weighted by Gasteiger charge is -2.25. The molecule has 1 heterocycles. The lowest BCUT2D eigenvalue weighted by molar-refractivity contribution is 0.356. The lowest BCUT2D eigenvalue weighted by Crippen LogP contribution is -2.34. The number of nitrogens with two attached hydrogens (primary N) is 1. The van der Waals surface area contributed by atoms with Crippen LogP contribution in [0.1, 0.15) is 20.3 Å². The molecule has 0 aliphatic carbocycles. The molecule has 0 aliphatic rings. The molecule has 0 bridgehead atoms. The summed E-state index contributed by atoms with van der Waals surface area (Å²) >= 11 is 12.0. The molecule has 1 aromatic heterocycles. The van der Waals surface area contributed by atoms with Gasteiger partial charge in [0.15, 0.2) is 0 Å². The maximum atomic E-state index is 6.14. The first kappa shape index (κ1) is 16.3. The van der Waals surface area contributed by atoms with Gasteiger partial charge in [-0.2, -0.15) is 0 Å². The Balaban J connectivity index is 2.86. The number of pyridine rings is 1. The van der Waals surface area contributed by atoms with Crippen molar-refractivity contribution in [2.24, 2.45) is 5.92 Å². The lowest BCUT2D eigenvalue weighted by atomic mass is 10.0. The summed E-state index contributed by atoms with van der Waals surface area (Å²) in [4.78, 5) is 6.34. The Labute approximate surface area is 125 Å². The third-order valence-electron chi connectivity index (χ3n) is 2.64. The molecule has 0 radical (unpaired) electrons. The van der Waals surface area contributed by atoms with Crippen molar-refractivity contribution in [1.29, 1.82) is 0 Å². The molecule has 0 aromatic carbocycles. The van der Waals surface area contributed by atoms with Gasteiger partial charge in [-0.3, -0.25) is 0 Å². The zero-order valence-electron chi connectivity index (χ0n) is 11.9. The number of hydrogen-bond acceptors (Lipinski definition) is 4. The molecule has 0 saturated heterocycles. The molecule has 1 unspecified atom stereocenters. The van der Waals surface area contributed by atoms with Crippen LogP contribution < -0.4 is 11.1 Å². The van der Waals surface area contributed by atoms with E-state index < -0.39 is 0 Å². The van der Waals surface area contributed by atoms with Crippen LogP contribution in [0.4, 0.5) is 11.6 Å². The van der Waals surface area contributed by atoms with Gasteiger partial charge < -0.3 is 16.0 Å². The molecular formula is C13H22Cl2N4. The molecule has 1 rings (SSSR count). The van der Waals surface area contributed by atoms with E-state index in [0.29, 0.717) is 27.6 Å². The number of rotatable bonds is 6. The number of nitrogens with zero attached hydrogens (tertiary/aromatic N) is 2. The highest BCUT2D eigenvalue weighted by Crippen LogP contribution is 2.28. The number of likely N-dealkylation sites (N-methyl/N-ethyl adjacent to an activating group) is 1. The van der Waals surface area contributed by atoms with Crippen molar-refractivity contribution in [2.45, 2.75) is 26.3 Å². The molecule has 0 amide bonds. The molecule has 0 spiro atoms. The molecule has 0 aliphatic heterocycles. The first-order valence-corrected chi connectivity index (χ1v) is 7.08. The highest BCUT2D eigenvalue weighted by Gasteiger charge is 2.15. The normalized spacial score (nSPS) is 13.1. The molecule has 4 nitrogen and oxygen atoms in total. The van der Waals surface area contributed by atoms with Gasteiger partial charge in [-0.1, -0.05) is 37.0 Å². The molecule has 6 heteroatoms. The van der Waals surface area contributed by atoms with Crippen molar-refractivity contribution in [3.8, 4) is 0 Å². The first-order valence-electron chi connectivity index (χ1n) is 6.32. The second kappa shape index (κ2) is 7.17. The molecule has 0 saturated carbocycles. The van der Waals surface area contributed by atoms with Crippen LogP contribution in [0.2, 0.25) is 10.0 Å². The van der Waals surface area contributed by atoms with Gasteiger partial charge in [-0.05, 0) is 32.5 Å². The van der Waals surface area contributed by atoms with E-state index in [0.717, 1.165) is 13.0 Å². The van der Waals surface area contributed by atoms with E-state index in [1.54, 1.807) is 6.07 Å². The molecule has 0 fully saturated rings. The largest absolute Gasteiger partial charge is 0.382 e. The second-order valence-corrected chi connectivity index (χ2v) is 6.23. The van der Waals surface area contributed by atoms with Gasteiger partial charge in [-0.15, -0.1) is 0 Å². The monoisotopic (exact) mass is 304 g/mol. The third-order valence-corrected chi connectivity index (χ3v) is 3.23. The van der Waals surface area contributed by atoms with Crippen molar-refractivity contribution in [1.82, 2.24) is 9.88 Å². The van der Waals surface area contributed by atoms with E-state index in [9.17, 15) is 0 Å². The summed E-state index contributed by atoms with van der Waals surface area (Å²) in [7, 11) is 4.08. The average Bonchev–Trinajstić information content (AvgIpc) is 2.23. The zero-order valence-corrected chi connectivity index (χ0v) is 13.4. The fourth-order valence-electron chi connectivity index (χ4n) is 1.96. The van der Waals surface area contributed by atoms with E-state index in [1.165, 1.54) is 0 Å². The maximum absolute atomic E-state index is 6.14. The highest BCUT2D eigenvalue weighted by molar-refractivity contribution is 6.37. The Morgan fingerprint density at radius 1 is 1.32 bits per heavy atom. The van der Waals surface area contributed by atoms with E-state index in [1.807, 2.05) is 14.1 Å². The molecule has 1 atom stereocenters. The van der Waals surface area contributed by atoms with E-state index in [-0.39, 0.29) is 6.04 Å². The highest BCUT2D eigenvalue weighted by atomic mass is 35.5. The fourth-order valence-corrected chi connectivity index (χ4v) is 2.38. The summed E-state index contributed by atoms with van der Waals surface area (Å²) in [5.74, 6) is 1.47. The summed E-state index contributed by atoms with van der Waals surface area (Å²) in [5.41, 5.74) is 5.72. The van der Waals surface area contributed by atoms with Gasteiger partial charge in [0.05, 0.1) is 10.0 Å². The number of anilines is 2. The van der Waals surface area contributed by atoms with Crippen LogP contribution >= 0.6 is 23.2 Å². The minimum absolute atomic E-state index is 0.264. The van der Waals surface area contributed by atoms with E-state index in [2.05, 4.69) is 29.0 Å². The molecule has 19 heavy (non-hydrogen) atoms. The Morgan fingerprint density at radius 3 is 2.47 bits per heavy atom. The number of nitrogen functional groups attached to an aromatic ring is 1. The van der Waals surface area contributed by atoms with E-state index in [4.69, 9.17) is 28.9 Å². The smallest absolute Gasteiger partial charge is 0.147 e. The number of hydrogen-bond donors (Lipinski definition) is 2. The zero-order chi connectivity index (χ0) is 14.6. The van der Waals surface area contributed by atoms with Gasteiger partial charge in [0.1, 0.15) is 11.6 Å². The summed E-state index contributed by atoms with van der Waals surface area (Å²) < 4.78 is 0. The number of halogens is 2. The van der Waals surface area contributed by atoms with Crippen LogP contribution in [-0.4, -0.2) is 36.6 Å². The predicted molar refractivity (Wildman–Crippen MR) is 84.1 cm³/mol.